The van der Waals surface area contributed by atoms with Crippen molar-refractivity contribution in [1.29, 1.82) is 0 Å². The molecule has 0 saturated carbocycles. The van der Waals surface area contributed by atoms with Crippen molar-refractivity contribution in [3.63, 3.8) is 0 Å². The first-order valence-corrected chi connectivity index (χ1v) is 9.93. The van der Waals surface area contributed by atoms with E-state index in [-0.39, 0.29) is 11.7 Å². The Hall–Kier alpha value is -0.650. The Morgan fingerprint density at radius 1 is 1.36 bits per heavy atom. The maximum atomic E-state index is 12.7. The van der Waals surface area contributed by atoms with Crippen molar-refractivity contribution in [2.24, 2.45) is 17.1 Å². The smallest absolute Gasteiger partial charge is 0.174 e. The maximum Gasteiger partial charge on any atom is 0.174 e. The average molecular weight is 330 g/mol. The number of sulfone groups is 1. The molecule has 0 spiro atoms. The van der Waals surface area contributed by atoms with Crippen molar-refractivity contribution in [3.8, 4) is 0 Å². The molecule has 5 heteroatoms. The van der Waals surface area contributed by atoms with Crippen LogP contribution in [-0.2, 0) is 9.84 Å². The Kier molecular flexibility index (Phi) is 7.29. The fourth-order valence-corrected chi connectivity index (χ4v) is 5.08. The molecule has 3 atom stereocenters. The van der Waals surface area contributed by atoms with E-state index in [1.54, 1.807) is 12.2 Å². The van der Waals surface area contributed by atoms with E-state index in [4.69, 9.17) is 5.73 Å². The van der Waals surface area contributed by atoms with Gasteiger partial charge in [0.1, 0.15) is 0 Å². The number of aliphatic hydroxyl groups excluding tert-OH is 1. The summed E-state index contributed by atoms with van der Waals surface area (Å²) in [7, 11) is -3.27. The van der Waals surface area contributed by atoms with Gasteiger partial charge in [0.15, 0.2) is 9.84 Å². The van der Waals surface area contributed by atoms with E-state index in [0.717, 1.165) is 19.3 Å². The summed E-state index contributed by atoms with van der Waals surface area (Å²) >= 11 is 0. The predicted octanol–water partition coefficient (Wildman–Crippen LogP) is 2.79. The first-order valence-electron chi connectivity index (χ1n) is 8.28. The molecule has 0 aromatic carbocycles. The molecule has 0 saturated heterocycles. The highest BCUT2D eigenvalue weighted by Crippen LogP contribution is 2.38. The number of aliphatic hydroxyl groups is 1. The average Bonchev–Trinajstić information content (AvgIpc) is 2.47. The van der Waals surface area contributed by atoms with E-state index in [1.807, 2.05) is 19.9 Å². The molecule has 0 radical (unpaired) electrons. The second kappa shape index (κ2) is 8.27. The van der Waals surface area contributed by atoms with Crippen LogP contribution in [0.3, 0.4) is 0 Å². The maximum absolute atomic E-state index is 12.7. The van der Waals surface area contributed by atoms with Crippen LogP contribution in [0.15, 0.2) is 23.1 Å². The summed E-state index contributed by atoms with van der Waals surface area (Å²) in [5.74, 6) is 0.419. The van der Waals surface area contributed by atoms with Crippen LogP contribution in [0.5, 0.6) is 0 Å². The zero-order valence-electron chi connectivity index (χ0n) is 14.1. The van der Waals surface area contributed by atoms with Crippen LogP contribution < -0.4 is 5.73 Å². The molecular weight excluding hydrogens is 298 g/mol. The van der Waals surface area contributed by atoms with Crippen molar-refractivity contribution in [2.75, 3.05) is 12.3 Å². The minimum Gasteiger partial charge on any atom is -0.392 e. The van der Waals surface area contributed by atoms with Crippen LogP contribution in [0.4, 0.5) is 0 Å². The standard InChI is InChI=1S/C17H31NO3S/c1-4-7-14(5-2)13-22(20,21)15-8-6-10-17(3,12-15)16(19)9-11-18/h6,8,10,14,16,19H,4-5,7,9,11-13,18H2,1-3H3. The van der Waals surface area contributed by atoms with Crippen LogP contribution in [0.1, 0.15) is 52.9 Å². The van der Waals surface area contributed by atoms with E-state index in [2.05, 4.69) is 6.92 Å². The van der Waals surface area contributed by atoms with E-state index in [0.29, 0.717) is 24.3 Å². The van der Waals surface area contributed by atoms with Crippen LogP contribution in [-0.4, -0.2) is 31.9 Å². The molecule has 0 heterocycles. The van der Waals surface area contributed by atoms with Gasteiger partial charge in [0, 0.05) is 10.3 Å². The highest BCUT2D eigenvalue weighted by molar-refractivity contribution is 7.95. The van der Waals surface area contributed by atoms with Crippen molar-refractivity contribution < 1.29 is 13.5 Å². The first-order chi connectivity index (χ1) is 10.3. The molecule has 3 unspecified atom stereocenters. The van der Waals surface area contributed by atoms with Gasteiger partial charge < -0.3 is 10.8 Å². The Labute approximate surface area is 135 Å². The van der Waals surface area contributed by atoms with Crippen LogP contribution >= 0.6 is 0 Å². The summed E-state index contributed by atoms with van der Waals surface area (Å²) in [6, 6.07) is 0. The lowest BCUT2D eigenvalue weighted by atomic mass is 9.77. The third-order valence-electron chi connectivity index (χ3n) is 4.64. The van der Waals surface area contributed by atoms with Crippen molar-refractivity contribution in [3.05, 3.63) is 23.1 Å². The number of allylic oxidation sites excluding steroid dienone is 3. The van der Waals surface area contributed by atoms with Crippen LogP contribution in [0.25, 0.3) is 0 Å². The third-order valence-corrected chi connectivity index (χ3v) is 6.63. The highest BCUT2D eigenvalue weighted by atomic mass is 32.2. The van der Waals surface area contributed by atoms with Gasteiger partial charge in [0.05, 0.1) is 11.9 Å². The van der Waals surface area contributed by atoms with Gasteiger partial charge in [-0.05, 0) is 37.8 Å². The Bertz CT molecular complexity index is 510. The Balaban J connectivity index is 2.88. The molecule has 3 N–H and O–H groups in total. The van der Waals surface area contributed by atoms with Gasteiger partial charge in [-0.25, -0.2) is 8.42 Å². The molecule has 22 heavy (non-hydrogen) atoms. The third kappa shape index (κ3) is 4.93. The van der Waals surface area contributed by atoms with Crippen molar-refractivity contribution in [1.82, 2.24) is 0 Å². The summed E-state index contributed by atoms with van der Waals surface area (Å²) in [5, 5.41) is 10.3. The molecule has 0 aromatic rings. The second-order valence-electron chi connectivity index (χ2n) is 6.61. The monoisotopic (exact) mass is 329 g/mol. The SMILES string of the molecule is CCCC(CC)CS(=O)(=O)C1=CC=CC(C)(C(O)CCN)C1. The van der Waals surface area contributed by atoms with Crippen LogP contribution in [0, 0.1) is 11.3 Å². The number of rotatable bonds is 9. The van der Waals surface area contributed by atoms with Gasteiger partial charge in [-0.15, -0.1) is 0 Å². The molecule has 128 valence electrons. The summed E-state index contributed by atoms with van der Waals surface area (Å²) < 4.78 is 25.4. The fourth-order valence-electron chi connectivity index (χ4n) is 3.03. The number of nitrogens with two attached hydrogens (primary N) is 1. The molecule has 0 fully saturated rings. The lowest BCUT2D eigenvalue weighted by Crippen LogP contribution is -2.35. The quantitative estimate of drug-likeness (QED) is 0.681. The first kappa shape index (κ1) is 19.4. The van der Waals surface area contributed by atoms with Crippen molar-refractivity contribution in [2.45, 2.75) is 59.0 Å². The van der Waals surface area contributed by atoms with E-state index in [1.165, 1.54) is 0 Å². The molecule has 1 aliphatic rings. The molecule has 0 bridgehead atoms. The molecule has 0 aromatic heterocycles. The number of hydrogen-bond donors (Lipinski definition) is 2. The lowest BCUT2D eigenvalue weighted by molar-refractivity contribution is 0.0650. The molecule has 1 aliphatic carbocycles. The Morgan fingerprint density at radius 2 is 2.05 bits per heavy atom. The molecule has 1 rings (SSSR count). The summed E-state index contributed by atoms with van der Waals surface area (Å²) in [5.41, 5.74) is 4.96. The van der Waals surface area contributed by atoms with Gasteiger partial charge in [0.25, 0.3) is 0 Å². The molecule has 0 aliphatic heterocycles. The summed E-state index contributed by atoms with van der Waals surface area (Å²) in [6.07, 6.45) is 8.37. The Morgan fingerprint density at radius 3 is 2.59 bits per heavy atom. The second-order valence-corrected chi connectivity index (χ2v) is 8.70. The highest BCUT2D eigenvalue weighted by Gasteiger charge is 2.36. The van der Waals surface area contributed by atoms with Gasteiger partial charge in [-0.1, -0.05) is 45.8 Å². The minimum absolute atomic E-state index is 0.208. The summed E-state index contributed by atoms with van der Waals surface area (Å²) in [4.78, 5) is 0.447. The molecular formula is C17H31NO3S. The van der Waals surface area contributed by atoms with Crippen LogP contribution in [0.2, 0.25) is 0 Å². The van der Waals surface area contributed by atoms with Gasteiger partial charge in [-0.2, -0.15) is 0 Å². The van der Waals surface area contributed by atoms with E-state index in [9.17, 15) is 13.5 Å². The molecule has 4 nitrogen and oxygen atoms in total. The van der Waals surface area contributed by atoms with Crippen molar-refractivity contribution >= 4 is 9.84 Å². The largest absolute Gasteiger partial charge is 0.392 e. The van der Waals surface area contributed by atoms with E-state index < -0.39 is 21.4 Å². The summed E-state index contributed by atoms with van der Waals surface area (Å²) in [6.45, 7) is 6.42. The predicted molar refractivity (Wildman–Crippen MR) is 92.1 cm³/mol. The van der Waals surface area contributed by atoms with Gasteiger partial charge in [0.2, 0.25) is 0 Å². The normalized spacial score (nSPS) is 24.9. The zero-order chi connectivity index (χ0) is 16.8. The minimum atomic E-state index is -3.27. The van der Waals surface area contributed by atoms with E-state index >= 15 is 0 Å². The number of hydrogen-bond acceptors (Lipinski definition) is 4. The van der Waals surface area contributed by atoms with Gasteiger partial charge >= 0.3 is 0 Å². The molecule has 0 amide bonds. The zero-order valence-corrected chi connectivity index (χ0v) is 14.9. The topological polar surface area (TPSA) is 80.4 Å². The van der Waals surface area contributed by atoms with Gasteiger partial charge in [-0.3, -0.25) is 0 Å². The fraction of sp³-hybridized carbons (Fsp3) is 0.765. The lowest BCUT2D eigenvalue weighted by Gasteiger charge is -2.34.